The Morgan fingerprint density at radius 3 is 2.68 bits per heavy atom. The van der Waals surface area contributed by atoms with Crippen LogP contribution >= 0.6 is 11.6 Å². The van der Waals surface area contributed by atoms with E-state index in [1.165, 1.54) is 6.08 Å². The molecule has 0 N–H and O–H groups in total. The van der Waals surface area contributed by atoms with Crippen LogP contribution in [0.1, 0.15) is 16.1 Å². The maximum Gasteiger partial charge on any atom is 0.221 e. The fourth-order valence-corrected chi connectivity index (χ4v) is 2.37. The van der Waals surface area contributed by atoms with Crippen LogP contribution in [0.3, 0.4) is 0 Å². The van der Waals surface area contributed by atoms with E-state index in [4.69, 9.17) is 20.8 Å². The molecule has 0 bridgehead atoms. The number of ether oxygens (including phenoxy) is 1. The van der Waals surface area contributed by atoms with Crippen molar-refractivity contribution in [1.29, 1.82) is 0 Å². The number of rotatable bonds is 4. The number of benzene rings is 2. The summed E-state index contributed by atoms with van der Waals surface area (Å²) in [5.74, 6) is 0.682. The average molecular weight is 313 g/mol. The van der Waals surface area contributed by atoms with Crippen LogP contribution in [0.2, 0.25) is 5.02 Å². The number of fused-ring (bicyclic) bond motifs is 1. The van der Waals surface area contributed by atoms with E-state index in [0.29, 0.717) is 16.2 Å². The van der Waals surface area contributed by atoms with E-state index in [1.807, 2.05) is 24.3 Å². The minimum atomic E-state index is -0.213. The van der Waals surface area contributed by atoms with Crippen molar-refractivity contribution in [3.05, 3.63) is 71.2 Å². The first kappa shape index (κ1) is 14.4. The van der Waals surface area contributed by atoms with Crippen LogP contribution in [0.5, 0.6) is 5.75 Å². The predicted octanol–water partition coefficient (Wildman–Crippen LogP) is 4.99. The molecule has 0 aliphatic carbocycles. The monoisotopic (exact) mass is 312 g/mol. The van der Waals surface area contributed by atoms with Crippen molar-refractivity contribution in [3.63, 3.8) is 0 Å². The molecule has 1 heterocycles. The van der Waals surface area contributed by atoms with Crippen molar-refractivity contribution in [2.75, 3.05) is 7.11 Å². The third-order valence-electron chi connectivity index (χ3n) is 3.33. The number of halogens is 1. The molecule has 0 aliphatic heterocycles. The summed E-state index contributed by atoms with van der Waals surface area (Å²) in [5, 5.41) is 2.18. The molecule has 0 fully saturated rings. The quantitative estimate of drug-likeness (QED) is 0.503. The Morgan fingerprint density at radius 1 is 1.18 bits per heavy atom. The Balaban J connectivity index is 1.94. The molecule has 0 saturated heterocycles. The van der Waals surface area contributed by atoms with Gasteiger partial charge >= 0.3 is 0 Å². The van der Waals surface area contributed by atoms with E-state index in [1.54, 1.807) is 37.6 Å². The number of ketones is 1. The molecule has 0 amide bonds. The number of hydrogen-bond acceptors (Lipinski definition) is 3. The second-order valence-electron chi connectivity index (χ2n) is 4.74. The molecule has 4 heteroatoms. The number of allylic oxidation sites excluding steroid dienone is 1. The van der Waals surface area contributed by atoms with E-state index in [0.717, 1.165) is 10.9 Å². The van der Waals surface area contributed by atoms with Gasteiger partial charge in [0.25, 0.3) is 0 Å². The van der Waals surface area contributed by atoms with E-state index in [-0.39, 0.29) is 11.5 Å². The van der Waals surface area contributed by atoms with Crippen molar-refractivity contribution in [1.82, 2.24) is 0 Å². The van der Waals surface area contributed by atoms with Gasteiger partial charge in [-0.1, -0.05) is 41.9 Å². The van der Waals surface area contributed by atoms with E-state index < -0.39 is 0 Å². The summed E-state index contributed by atoms with van der Waals surface area (Å²) in [4.78, 5) is 12.4. The van der Waals surface area contributed by atoms with Crippen LogP contribution in [0.4, 0.5) is 0 Å². The molecule has 110 valence electrons. The molecule has 3 nitrogen and oxygen atoms in total. The normalized spacial score (nSPS) is 11.2. The lowest BCUT2D eigenvalue weighted by atomic mass is 10.1. The summed E-state index contributed by atoms with van der Waals surface area (Å²) in [6, 6.07) is 12.8. The predicted molar refractivity (Wildman–Crippen MR) is 87.6 cm³/mol. The molecule has 0 unspecified atom stereocenters. The van der Waals surface area contributed by atoms with Gasteiger partial charge in [0.2, 0.25) is 5.78 Å². The fourth-order valence-electron chi connectivity index (χ4n) is 2.24. The van der Waals surface area contributed by atoms with Crippen molar-refractivity contribution in [2.24, 2.45) is 0 Å². The van der Waals surface area contributed by atoms with Gasteiger partial charge in [0.15, 0.2) is 5.76 Å². The highest BCUT2D eigenvalue weighted by molar-refractivity contribution is 6.30. The van der Waals surface area contributed by atoms with Crippen LogP contribution < -0.4 is 4.74 Å². The highest BCUT2D eigenvalue weighted by Gasteiger charge is 2.16. The lowest BCUT2D eigenvalue weighted by molar-refractivity contribution is 0.102. The highest BCUT2D eigenvalue weighted by atomic mass is 35.5. The maximum atomic E-state index is 12.4. The lowest BCUT2D eigenvalue weighted by Gasteiger charge is -2.01. The first-order chi connectivity index (χ1) is 10.7. The number of carbonyl (C=O) groups is 1. The third kappa shape index (κ3) is 2.76. The number of hydrogen-bond donors (Lipinski definition) is 0. The van der Waals surface area contributed by atoms with Gasteiger partial charge in [-0.15, -0.1) is 0 Å². The summed E-state index contributed by atoms with van der Waals surface area (Å²) in [6.45, 7) is 0. The zero-order valence-electron chi connectivity index (χ0n) is 11.9. The second kappa shape index (κ2) is 6.08. The van der Waals surface area contributed by atoms with Gasteiger partial charge in [-0.2, -0.15) is 0 Å². The summed E-state index contributed by atoms with van der Waals surface area (Å²) >= 11 is 5.83. The standard InChI is InChI=1S/C18H13ClO3/c1-21-16-4-2-3-13-11-22-18(17(13)16)15(20)10-7-12-5-8-14(19)9-6-12/h2-11H,1H3. The molecule has 1 aromatic heterocycles. The number of carbonyl (C=O) groups excluding carboxylic acids is 1. The van der Waals surface area contributed by atoms with E-state index >= 15 is 0 Å². The second-order valence-corrected chi connectivity index (χ2v) is 5.17. The third-order valence-corrected chi connectivity index (χ3v) is 3.58. The summed E-state index contributed by atoms with van der Waals surface area (Å²) in [6.07, 6.45) is 4.76. The van der Waals surface area contributed by atoms with E-state index in [9.17, 15) is 4.79 Å². The van der Waals surface area contributed by atoms with E-state index in [2.05, 4.69) is 0 Å². The molecule has 0 spiro atoms. The Kier molecular flexibility index (Phi) is 3.98. The number of furan rings is 1. The molecule has 3 rings (SSSR count). The van der Waals surface area contributed by atoms with Crippen molar-refractivity contribution in [3.8, 4) is 5.75 Å². The minimum Gasteiger partial charge on any atom is -0.496 e. The molecule has 22 heavy (non-hydrogen) atoms. The van der Waals surface area contributed by atoms with Crippen LogP contribution in [-0.2, 0) is 0 Å². The Morgan fingerprint density at radius 2 is 1.95 bits per heavy atom. The largest absolute Gasteiger partial charge is 0.496 e. The first-order valence-electron chi connectivity index (χ1n) is 6.71. The van der Waals surface area contributed by atoms with Crippen LogP contribution in [0, 0.1) is 0 Å². The van der Waals surface area contributed by atoms with Crippen LogP contribution in [-0.4, -0.2) is 12.9 Å². The van der Waals surface area contributed by atoms with Gasteiger partial charge in [-0.3, -0.25) is 4.79 Å². The highest BCUT2D eigenvalue weighted by Crippen LogP contribution is 2.30. The molecule has 0 radical (unpaired) electrons. The molecule has 0 aliphatic rings. The molecule has 3 aromatic rings. The minimum absolute atomic E-state index is 0.213. The summed E-state index contributed by atoms with van der Waals surface area (Å²) in [7, 11) is 1.57. The van der Waals surface area contributed by atoms with Crippen molar-refractivity contribution in [2.45, 2.75) is 0 Å². The van der Waals surface area contributed by atoms with Crippen molar-refractivity contribution < 1.29 is 13.9 Å². The topological polar surface area (TPSA) is 39.4 Å². The van der Waals surface area contributed by atoms with Gasteiger partial charge in [0.1, 0.15) is 5.75 Å². The zero-order valence-corrected chi connectivity index (χ0v) is 12.6. The van der Waals surface area contributed by atoms with Gasteiger partial charge in [0.05, 0.1) is 18.8 Å². The van der Waals surface area contributed by atoms with Gasteiger partial charge < -0.3 is 9.15 Å². The van der Waals surface area contributed by atoms with Crippen molar-refractivity contribution >= 4 is 34.2 Å². The fraction of sp³-hybridized carbons (Fsp3) is 0.0556. The van der Waals surface area contributed by atoms with Gasteiger partial charge in [-0.05, 0) is 29.8 Å². The van der Waals surface area contributed by atoms with Gasteiger partial charge in [0, 0.05) is 10.4 Å². The van der Waals surface area contributed by atoms with Gasteiger partial charge in [-0.25, -0.2) is 0 Å². The van der Waals surface area contributed by atoms with Crippen LogP contribution in [0.25, 0.3) is 16.8 Å². The average Bonchev–Trinajstić information content (AvgIpc) is 2.98. The molecule has 0 saturated carbocycles. The molecular weight excluding hydrogens is 300 g/mol. The summed E-state index contributed by atoms with van der Waals surface area (Å²) < 4.78 is 10.7. The summed E-state index contributed by atoms with van der Waals surface area (Å²) in [5.41, 5.74) is 0.889. The first-order valence-corrected chi connectivity index (χ1v) is 7.09. The molecular formula is C18H13ClO3. The maximum absolute atomic E-state index is 12.4. The van der Waals surface area contributed by atoms with Crippen LogP contribution in [0.15, 0.2) is 59.2 Å². The smallest absolute Gasteiger partial charge is 0.221 e. The number of methoxy groups -OCH3 is 1. The molecule has 2 aromatic carbocycles. The molecule has 0 atom stereocenters. The Labute approximate surface area is 132 Å². The Bertz CT molecular complexity index is 844. The Hall–Kier alpha value is -2.52. The SMILES string of the molecule is COc1cccc2coc(C(=O)C=Cc3ccc(Cl)cc3)c12. The lowest BCUT2D eigenvalue weighted by Crippen LogP contribution is -1.94. The zero-order chi connectivity index (χ0) is 15.5.